The molecule has 1 atom stereocenters. The van der Waals surface area contributed by atoms with Gasteiger partial charge in [0, 0.05) is 45.5 Å². The second-order valence-electron chi connectivity index (χ2n) is 8.02. The largest absolute Gasteiger partial charge is 1.00 e. The van der Waals surface area contributed by atoms with Crippen molar-refractivity contribution in [2.75, 3.05) is 38.0 Å². The molecular formula is C23H28N2Na2O6S2. The third-order valence-corrected chi connectivity index (χ3v) is 7.19. The molecule has 0 aliphatic rings. The van der Waals surface area contributed by atoms with Crippen LogP contribution in [0.2, 0.25) is 0 Å². The second-order valence-corrected chi connectivity index (χ2v) is 10.8. The molecule has 0 aliphatic carbocycles. The summed E-state index contributed by atoms with van der Waals surface area (Å²) in [7, 11) is -2.08. The summed E-state index contributed by atoms with van der Waals surface area (Å²) in [6, 6.07) is 17.6. The van der Waals surface area contributed by atoms with Crippen LogP contribution in [0.15, 0.2) is 76.5 Å². The molecule has 12 heteroatoms. The van der Waals surface area contributed by atoms with Crippen molar-refractivity contribution < 1.29 is 87.9 Å². The van der Waals surface area contributed by atoms with Gasteiger partial charge in [0.25, 0.3) is 20.2 Å². The van der Waals surface area contributed by atoms with Crippen LogP contribution >= 0.6 is 0 Å². The summed E-state index contributed by atoms with van der Waals surface area (Å²) in [5, 5.41) is 0. The van der Waals surface area contributed by atoms with Crippen LogP contribution in [0.5, 0.6) is 0 Å². The molecule has 0 aromatic heterocycles. The van der Waals surface area contributed by atoms with Gasteiger partial charge in [0.1, 0.15) is 4.90 Å². The molecular weight excluding hydrogens is 510 g/mol. The smallest absolute Gasteiger partial charge is 1.00 e. The molecule has 0 spiro atoms. The first-order chi connectivity index (χ1) is 15.3. The topological polar surface area (TPSA) is 115 Å². The zero-order valence-corrected chi connectivity index (χ0v) is 26.3. The molecule has 0 heterocycles. The second kappa shape index (κ2) is 12.6. The van der Waals surface area contributed by atoms with Gasteiger partial charge in [0.15, 0.2) is 0 Å². The molecule has 0 saturated carbocycles. The zero-order chi connectivity index (χ0) is 24.6. The van der Waals surface area contributed by atoms with E-state index < -0.39 is 26.2 Å². The third-order valence-electron chi connectivity index (χ3n) is 5.35. The van der Waals surface area contributed by atoms with E-state index in [9.17, 15) is 25.9 Å². The normalized spacial score (nSPS) is 12.2. The predicted octanol–water partition coefficient (Wildman–Crippen LogP) is -2.27. The van der Waals surface area contributed by atoms with E-state index in [4.69, 9.17) is 0 Å². The van der Waals surface area contributed by atoms with Gasteiger partial charge in [-0.1, -0.05) is 36.4 Å². The van der Waals surface area contributed by atoms with Gasteiger partial charge in [-0.2, -0.15) is 16.8 Å². The van der Waals surface area contributed by atoms with E-state index in [2.05, 4.69) is 0 Å². The zero-order valence-electron chi connectivity index (χ0n) is 22.7. The molecule has 0 bridgehead atoms. The average Bonchev–Trinajstić information content (AvgIpc) is 2.73. The molecule has 2 N–H and O–H groups in total. The number of benzene rings is 3. The van der Waals surface area contributed by atoms with Crippen LogP contribution < -0.4 is 68.9 Å². The SMILES string of the molecule is CN(C)c1ccc(C(c2ccccc2S(=O)(=O)O)c2ccc(N(C)C)cc2S(=O)(=O)O)cc1.[H-].[H-].[Na+].[Na+]. The van der Waals surface area contributed by atoms with E-state index >= 15 is 0 Å². The van der Waals surface area contributed by atoms with Gasteiger partial charge in [-0.05, 0) is 47.0 Å². The standard InChI is InChI=1S/C23H26N2O6S2.2Na.2H/c1-24(2)17-11-9-16(10-12-17)23(19-7-5-6-8-21(19)32(26,27)28)20-14-13-18(25(3)4)15-22(20)33(29,30)31;;;;/h5-15,23H,1-4H3,(H,26,27,28)(H,29,30,31);;;;/q;2*+1;2*-1. The summed E-state index contributed by atoms with van der Waals surface area (Å²) in [6.45, 7) is 0. The minimum atomic E-state index is -4.67. The van der Waals surface area contributed by atoms with Crippen LogP contribution in [0.3, 0.4) is 0 Å². The Labute approximate surface area is 254 Å². The minimum Gasteiger partial charge on any atom is -1.00 e. The van der Waals surface area contributed by atoms with Crippen molar-refractivity contribution in [3.63, 3.8) is 0 Å². The van der Waals surface area contributed by atoms with Crippen molar-refractivity contribution in [1.29, 1.82) is 0 Å². The Hall–Kier alpha value is -0.920. The maximum Gasteiger partial charge on any atom is 1.00 e. The summed E-state index contributed by atoms with van der Waals surface area (Å²) >= 11 is 0. The number of hydrogen-bond acceptors (Lipinski definition) is 6. The number of rotatable bonds is 7. The van der Waals surface area contributed by atoms with Crippen molar-refractivity contribution >= 4 is 31.6 Å². The van der Waals surface area contributed by atoms with Gasteiger partial charge in [0.05, 0.1) is 4.90 Å². The average molecular weight is 539 g/mol. The Morgan fingerprint density at radius 1 is 0.657 bits per heavy atom. The quantitative estimate of drug-likeness (QED) is 0.197. The van der Waals surface area contributed by atoms with Gasteiger partial charge < -0.3 is 12.7 Å². The molecule has 180 valence electrons. The molecule has 0 fully saturated rings. The Morgan fingerprint density at radius 3 is 1.60 bits per heavy atom. The van der Waals surface area contributed by atoms with Crippen molar-refractivity contribution in [1.82, 2.24) is 0 Å². The maximum atomic E-state index is 12.4. The van der Waals surface area contributed by atoms with Gasteiger partial charge in [-0.3, -0.25) is 9.11 Å². The molecule has 0 radical (unpaired) electrons. The van der Waals surface area contributed by atoms with Crippen LogP contribution in [0.1, 0.15) is 25.5 Å². The molecule has 0 amide bonds. The summed E-state index contributed by atoms with van der Waals surface area (Å²) in [6.07, 6.45) is 0. The van der Waals surface area contributed by atoms with Crippen molar-refractivity contribution in [2.45, 2.75) is 15.7 Å². The van der Waals surface area contributed by atoms with Crippen LogP contribution in [0.4, 0.5) is 11.4 Å². The summed E-state index contributed by atoms with van der Waals surface area (Å²) in [4.78, 5) is 2.89. The Kier molecular flexibility index (Phi) is 11.5. The van der Waals surface area contributed by atoms with Crippen molar-refractivity contribution in [3.05, 3.63) is 83.4 Å². The van der Waals surface area contributed by atoms with Crippen LogP contribution in [-0.4, -0.2) is 54.1 Å². The molecule has 0 aliphatic heterocycles. The summed E-state index contributed by atoms with van der Waals surface area (Å²) in [5.41, 5.74) is 2.37. The molecule has 35 heavy (non-hydrogen) atoms. The summed E-state index contributed by atoms with van der Waals surface area (Å²) in [5.74, 6) is -0.910. The van der Waals surface area contributed by atoms with Gasteiger partial charge in [0.2, 0.25) is 0 Å². The molecule has 3 aromatic rings. The van der Waals surface area contributed by atoms with E-state index in [0.29, 0.717) is 11.3 Å². The van der Waals surface area contributed by atoms with Crippen molar-refractivity contribution in [3.8, 4) is 0 Å². The first kappa shape index (κ1) is 32.1. The predicted molar refractivity (Wildman–Crippen MR) is 131 cm³/mol. The van der Waals surface area contributed by atoms with Gasteiger partial charge >= 0.3 is 59.1 Å². The summed E-state index contributed by atoms with van der Waals surface area (Å²) < 4.78 is 69.0. The van der Waals surface area contributed by atoms with E-state index in [-0.39, 0.29) is 82.9 Å². The fourth-order valence-corrected chi connectivity index (χ4v) is 5.20. The molecule has 3 rings (SSSR count). The third kappa shape index (κ3) is 7.54. The Balaban J connectivity index is 0. The van der Waals surface area contributed by atoms with E-state index in [0.717, 1.165) is 5.69 Å². The van der Waals surface area contributed by atoms with Crippen LogP contribution in [0.25, 0.3) is 0 Å². The van der Waals surface area contributed by atoms with Crippen LogP contribution in [0, 0.1) is 0 Å². The first-order valence-corrected chi connectivity index (χ1v) is 12.8. The van der Waals surface area contributed by atoms with Gasteiger partial charge in [-0.25, -0.2) is 0 Å². The molecule has 3 aromatic carbocycles. The maximum absolute atomic E-state index is 12.4. The molecule has 1 unspecified atom stereocenters. The fourth-order valence-electron chi connectivity index (χ4n) is 3.71. The number of hydrogen-bond donors (Lipinski definition) is 2. The molecule has 0 saturated heterocycles. The van der Waals surface area contributed by atoms with E-state index in [1.54, 1.807) is 49.3 Å². The fraction of sp³-hybridized carbons (Fsp3) is 0.217. The Morgan fingerprint density at radius 2 is 1.11 bits per heavy atom. The van der Waals surface area contributed by atoms with E-state index in [1.165, 1.54) is 24.3 Å². The van der Waals surface area contributed by atoms with E-state index in [1.807, 2.05) is 31.1 Å². The minimum absolute atomic E-state index is 0. The monoisotopic (exact) mass is 538 g/mol. The van der Waals surface area contributed by atoms with Gasteiger partial charge in [-0.15, -0.1) is 0 Å². The van der Waals surface area contributed by atoms with Crippen molar-refractivity contribution in [2.24, 2.45) is 0 Å². The van der Waals surface area contributed by atoms with Crippen LogP contribution in [-0.2, 0) is 20.2 Å². The first-order valence-electron chi connectivity index (χ1n) is 9.93. The molecule has 8 nitrogen and oxygen atoms in total. The number of anilines is 2. The Bertz CT molecular complexity index is 1390. The number of nitrogens with zero attached hydrogens (tertiary/aromatic N) is 2.